The molecule has 1 heterocycles. The summed E-state index contributed by atoms with van der Waals surface area (Å²) in [4.78, 5) is 12.4. The Kier molecular flexibility index (Phi) is 7.11. The van der Waals surface area contributed by atoms with Gasteiger partial charge in [-0.1, -0.05) is 24.3 Å². The molecule has 1 amide bonds. The first-order chi connectivity index (χ1) is 14.0. The van der Waals surface area contributed by atoms with Crippen molar-refractivity contribution in [3.63, 3.8) is 0 Å². The van der Waals surface area contributed by atoms with Gasteiger partial charge in [0.25, 0.3) is 0 Å². The summed E-state index contributed by atoms with van der Waals surface area (Å²) in [5.41, 5.74) is 0.455. The second-order valence-corrected chi connectivity index (χ2v) is 8.59. The van der Waals surface area contributed by atoms with Crippen molar-refractivity contribution in [1.82, 2.24) is 5.32 Å². The van der Waals surface area contributed by atoms with Gasteiger partial charge in [0.2, 0.25) is 15.7 Å². The summed E-state index contributed by atoms with van der Waals surface area (Å²) in [5.74, 6) is 0.0186. The molecule has 0 radical (unpaired) electrons. The van der Waals surface area contributed by atoms with Crippen molar-refractivity contribution >= 4 is 21.4 Å². The van der Waals surface area contributed by atoms with E-state index in [1.54, 1.807) is 49.4 Å². The SMILES string of the molecule is CCOc1c(NCC(=O)NCC2CCCO2)cccc1S(=O)(=O)c1ccccc1. The van der Waals surface area contributed by atoms with Gasteiger partial charge in [-0.05, 0) is 44.0 Å². The minimum Gasteiger partial charge on any atom is -0.490 e. The molecular formula is C21H26N2O5S. The Balaban J connectivity index is 1.75. The van der Waals surface area contributed by atoms with Gasteiger partial charge in [0, 0.05) is 13.2 Å². The molecule has 1 atom stereocenters. The van der Waals surface area contributed by atoms with E-state index in [9.17, 15) is 13.2 Å². The van der Waals surface area contributed by atoms with Crippen molar-refractivity contribution in [1.29, 1.82) is 0 Å². The minimum absolute atomic E-state index is 0.00162. The molecular weight excluding hydrogens is 392 g/mol. The van der Waals surface area contributed by atoms with Gasteiger partial charge < -0.3 is 20.1 Å². The molecule has 0 aromatic heterocycles. The summed E-state index contributed by atoms with van der Waals surface area (Å²) in [6.07, 6.45) is 2.03. The van der Waals surface area contributed by atoms with E-state index in [1.807, 2.05) is 0 Å². The van der Waals surface area contributed by atoms with Crippen LogP contribution in [-0.2, 0) is 19.4 Å². The van der Waals surface area contributed by atoms with Crippen molar-refractivity contribution in [3.8, 4) is 5.75 Å². The van der Waals surface area contributed by atoms with Crippen molar-refractivity contribution in [2.24, 2.45) is 0 Å². The van der Waals surface area contributed by atoms with Crippen LogP contribution in [0, 0.1) is 0 Å². The smallest absolute Gasteiger partial charge is 0.239 e. The quantitative estimate of drug-likeness (QED) is 0.650. The van der Waals surface area contributed by atoms with E-state index in [-0.39, 0.29) is 34.1 Å². The first-order valence-electron chi connectivity index (χ1n) is 9.70. The molecule has 0 saturated carbocycles. The third-order valence-electron chi connectivity index (χ3n) is 4.60. The molecule has 2 aromatic rings. The van der Waals surface area contributed by atoms with Gasteiger partial charge in [-0.25, -0.2) is 8.42 Å². The third kappa shape index (κ3) is 5.27. The number of para-hydroxylation sites is 1. The van der Waals surface area contributed by atoms with E-state index < -0.39 is 9.84 Å². The van der Waals surface area contributed by atoms with Crippen molar-refractivity contribution < 1.29 is 22.7 Å². The van der Waals surface area contributed by atoms with Crippen LogP contribution >= 0.6 is 0 Å². The van der Waals surface area contributed by atoms with E-state index in [1.165, 1.54) is 6.07 Å². The Morgan fingerprint density at radius 2 is 1.97 bits per heavy atom. The maximum absolute atomic E-state index is 13.1. The summed E-state index contributed by atoms with van der Waals surface area (Å²) in [5, 5.41) is 5.83. The number of amides is 1. The number of rotatable bonds is 9. The first kappa shape index (κ1) is 21.1. The molecule has 2 N–H and O–H groups in total. The van der Waals surface area contributed by atoms with Crippen molar-refractivity contribution in [2.75, 3.05) is 31.6 Å². The minimum atomic E-state index is -3.76. The van der Waals surface area contributed by atoms with Crippen LogP contribution in [0.5, 0.6) is 5.75 Å². The molecule has 7 nitrogen and oxygen atoms in total. The molecule has 1 unspecified atom stereocenters. The topological polar surface area (TPSA) is 93.7 Å². The van der Waals surface area contributed by atoms with Crippen LogP contribution in [0.15, 0.2) is 58.3 Å². The molecule has 29 heavy (non-hydrogen) atoms. The number of carbonyl (C=O) groups is 1. The molecule has 0 bridgehead atoms. The summed E-state index contributed by atoms with van der Waals surface area (Å²) in [6.45, 7) is 3.29. The molecule has 1 saturated heterocycles. The van der Waals surface area contributed by atoms with Crippen LogP contribution in [-0.4, -0.2) is 46.7 Å². The Bertz CT molecular complexity index is 925. The van der Waals surface area contributed by atoms with Crippen LogP contribution in [0.2, 0.25) is 0 Å². The molecule has 0 aliphatic carbocycles. The second kappa shape index (κ2) is 9.76. The van der Waals surface area contributed by atoms with Crippen LogP contribution in [0.1, 0.15) is 19.8 Å². The average Bonchev–Trinajstić information content (AvgIpc) is 3.26. The fourth-order valence-corrected chi connectivity index (χ4v) is 4.60. The standard InChI is InChI=1S/C21H26N2O5S/c1-2-27-21-18(22-15-20(24)23-14-16-8-7-13-28-16)11-6-12-19(21)29(25,26)17-9-4-3-5-10-17/h3-6,9-12,16,22H,2,7-8,13-15H2,1H3,(H,23,24). The number of anilines is 1. The van der Waals surface area contributed by atoms with Crippen LogP contribution < -0.4 is 15.4 Å². The molecule has 156 valence electrons. The summed E-state index contributed by atoms with van der Waals surface area (Å²) in [6, 6.07) is 13.0. The van der Waals surface area contributed by atoms with Gasteiger partial charge in [0.15, 0.2) is 5.75 Å². The third-order valence-corrected chi connectivity index (χ3v) is 6.39. The Hall–Kier alpha value is -2.58. The molecule has 8 heteroatoms. The van der Waals surface area contributed by atoms with E-state index in [2.05, 4.69) is 10.6 Å². The Morgan fingerprint density at radius 3 is 2.66 bits per heavy atom. The zero-order chi connectivity index (χ0) is 20.7. The zero-order valence-corrected chi connectivity index (χ0v) is 17.2. The van der Waals surface area contributed by atoms with Crippen LogP contribution in [0.3, 0.4) is 0 Å². The molecule has 1 aliphatic heterocycles. The maximum atomic E-state index is 13.1. The molecule has 1 aliphatic rings. The fourth-order valence-electron chi connectivity index (χ4n) is 3.16. The number of hydrogen-bond donors (Lipinski definition) is 2. The Morgan fingerprint density at radius 1 is 1.17 bits per heavy atom. The highest BCUT2D eigenvalue weighted by Gasteiger charge is 2.24. The number of benzene rings is 2. The monoisotopic (exact) mass is 418 g/mol. The highest BCUT2D eigenvalue weighted by atomic mass is 32.2. The second-order valence-electron chi connectivity index (χ2n) is 6.67. The van der Waals surface area contributed by atoms with Gasteiger partial charge >= 0.3 is 0 Å². The lowest BCUT2D eigenvalue weighted by atomic mass is 10.2. The number of nitrogens with one attached hydrogen (secondary N) is 2. The Labute approximate surface area is 171 Å². The summed E-state index contributed by atoms with van der Waals surface area (Å²) in [7, 11) is -3.76. The highest BCUT2D eigenvalue weighted by molar-refractivity contribution is 7.91. The molecule has 0 spiro atoms. The van der Waals surface area contributed by atoms with E-state index in [0.717, 1.165) is 19.4 Å². The van der Waals surface area contributed by atoms with Gasteiger partial charge in [-0.3, -0.25) is 4.79 Å². The molecule has 2 aromatic carbocycles. The lowest BCUT2D eigenvalue weighted by Gasteiger charge is -2.17. The van der Waals surface area contributed by atoms with Crippen molar-refractivity contribution in [3.05, 3.63) is 48.5 Å². The predicted octanol–water partition coefficient (Wildman–Crippen LogP) is 2.63. The first-order valence-corrected chi connectivity index (χ1v) is 11.2. The maximum Gasteiger partial charge on any atom is 0.239 e. The summed E-state index contributed by atoms with van der Waals surface area (Å²) < 4.78 is 37.3. The van der Waals surface area contributed by atoms with Gasteiger partial charge in [0.1, 0.15) is 4.90 Å². The number of sulfone groups is 1. The molecule has 3 rings (SSSR count). The van der Waals surface area contributed by atoms with E-state index >= 15 is 0 Å². The van der Waals surface area contributed by atoms with Crippen LogP contribution in [0.25, 0.3) is 0 Å². The van der Waals surface area contributed by atoms with Gasteiger partial charge in [-0.2, -0.15) is 0 Å². The fraction of sp³-hybridized carbons (Fsp3) is 0.381. The van der Waals surface area contributed by atoms with Crippen LogP contribution in [0.4, 0.5) is 5.69 Å². The lowest BCUT2D eigenvalue weighted by molar-refractivity contribution is -0.119. The van der Waals surface area contributed by atoms with Gasteiger partial charge in [0.05, 0.1) is 29.8 Å². The predicted molar refractivity (Wildman–Crippen MR) is 110 cm³/mol. The summed E-state index contributed by atoms with van der Waals surface area (Å²) >= 11 is 0. The number of ether oxygens (including phenoxy) is 2. The highest BCUT2D eigenvalue weighted by Crippen LogP contribution is 2.35. The largest absolute Gasteiger partial charge is 0.490 e. The number of carbonyl (C=O) groups excluding carboxylic acids is 1. The number of hydrogen-bond acceptors (Lipinski definition) is 6. The van der Waals surface area contributed by atoms with Gasteiger partial charge in [-0.15, -0.1) is 0 Å². The van der Waals surface area contributed by atoms with E-state index in [4.69, 9.17) is 9.47 Å². The molecule has 1 fully saturated rings. The average molecular weight is 419 g/mol. The normalized spacial score (nSPS) is 16.4. The van der Waals surface area contributed by atoms with Crippen molar-refractivity contribution in [2.45, 2.75) is 35.7 Å². The van der Waals surface area contributed by atoms with E-state index in [0.29, 0.717) is 18.8 Å². The lowest BCUT2D eigenvalue weighted by Crippen LogP contribution is -2.35. The zero-order valence-electron chi connectivity index (χ0n) is 16.4.